The van der Waals surface area contributed by atoms with Crippen molar-refractivity contribution in [2.24, 2.45) is 0 Å². The fraction of sp³-hybridized carbons (Fsp3) is 0.500. The van der Waals surface area contributed by atoms with Gasteiger partial charge in [0.2, 0.25) is 0 Å². The summed E-state index contributed by atoms with van der Waals surface area (Å²) in [6.07, 6.45) is 1.13. The van der Waals surface area contributed by atoms with Crippen LogP contribution >= 0.6 is 0 Å². The van der Waals surface area contributed by atoms with Gasteiger partial charge in [-0.1, -0.05) is 30.3 Å². The first-order valence-corrected chi connectivity index (χ1v) is 6.22. The molecule has 1 aliphatic heterocycles. The van der Waals surface area contributed by atoms with Crippen LogP contribution in [0.25, 0.3) is 0 Å². The first kappa shape index (κ1) is 12.1. The minimum Gasteiger partial charge on any atom is -0.465 e. The summed E-state index contributed by atoms with van der Waals surface area (Å²) in [6, 6.07) is 10.5. The van der Waals surface area contributed by atoms with Crippen molar-refractivity contribution in [1.29, 1.82) is 0 Å². The van der Waals surface area contributed by atoms with Gasteiger partial charge in [-0.2, -0.15) is 0 Å². The quantitative estimate of drug-likeness (QED) is 0.745. The second kappa shape index (κ2) is 5.82. The molecule has 2 rings (SSSR count). The number of carbonyl (C=O) groups is 1. The van der Waals surface area contributed by atoms with E-state index in [0.717, 1.165) is 19.5 Å². The smallest absolute Gasteiger partial charge is 0.320 e. The van der Waals surface area contributed by atoms with Crippen LogP contribution in [0.3, 0.4) is 0 Å². The molecule has 3 nitrogen and oxygen atoms in total. The van der Waals surface area contributed by atoms with Crippen LogP contribution in [0.5, 0.6) is 0 Å². The average molecular weight is 233 g/mol. The summed E-state index contributed by atoms with van der Waals surface area (Å²) in [5.74, 6) is 0.451. The van der Waals surface area contributed by atoms with Crippen molar-refractivity contribution >= 4 is 5.97 Å². The number of esters is 1. The summed E-state index contributed by atoms with van der Waals surface area (Å²) < 4.78 is 4.96. The maximum Gasteiger partial charge on any atom is 0.320 e. The van der Waals surface area contributed by atoms with Gasteiger partial charge in [-0.05, 0) is 31.4 Å². The number of nitrogens with zero attached hydrogens (tertiary/aromatic N) is 1. The lowest BCUT2D eigenvalue weighted by Crippen LogP contribution is -2.28. The molecule has 0 spiro atoms. The first-order chi connectivity index (χ1) is 8.29. The summed E-state index contributed by atoms with van der Waals surface area (Å²) in [6.45, 7) is 4.68. The zero-order valence-corrected chi connectivity index (χ0v) is 10.3. The van der Waals surface area contributed by atoms with Crippen LogP contribution in [0, 0.1) is 0 Å². The lowest BCUT2D eigenvalue weighted by molar-refractivity contribution is -0.144. The SMILES string of the molecule is CCOC(=O)CN1CC[C@@H](c2ccccc2)C1. The molecule has 1 saturated heterocycles. The van der Waals surface area contributed by atoms with Crippen LogP contribution in [0.15, 0.2) is 30.3 Å². The highest BCUT2D eigenvalue weighted by atomic mass is 16.5. The molecule has 17 heavy (non-hydrogen) atoms. The number of likely N-dealkylation sites (tertiary alicyclic amines) is 1. The summed E-state index contributed by atoms with van der Waals surface area (Å²) in [5.41, 5.74) is 1.37. The molecular formula is C14H19NO2. The summed E-state index contributed by atoms with van der Waals surface area (Å²) >= 11 is 0. The van der Waals surface area contributed by atoms with Crippen molar-refractivity contribution in [1.82, 2.24) is 4.90 Å². The summed E-state index contributed by atoms with van der Waals surface area (Å²) in [5, 5.41) is 0. The Kier molecular flexibility index (Phi) is 4.15. The van der Waals surface area contributed by atoms with E-state index in [0.29, 0.717) is 19.1 Å². The molecule has 92 valence electrons. The molecule has 0 saturated carbocycles. The highest BCUT2D eigenvalue weighted by Crippen LogP contribution is 2.26. The molecule has 0 amide bonds. The van der Waals surface area contributed by atoms with Crippen LogP contribution < -0.4 is 0 Å². The minimum atomic E-state index is -0.110. The third-order valence-corrected chi connectivity index (χ3v) is 3.20. The molecule has 1 fully saturated rings. The van der Waals surface area contributed by atoms with Crippen molar-refractivity contribution in [2.75, 3.05) is 26.2 Å². The van der Waals surface area contributed by atoms with E-state index in [-0.39, 0.29) is 5.97 Å². The largest absolute Gasteiger partial charge is 0.465 e. The Morgan fingerprint density at radius 2 is 2.18 bits per heavy atom. The Labute approximate surface area is 102 Å². The third kappa shape index (κ3) is 3.30. The molecule has 1 heterocycles. The fourth-order valence-corrected chi connectivity index (χ4v) is 2.36. The van der Waals surface area contributed by atoms with Crippen LogP contribution in [0.2, 0.25) is 0 Å². The molecular weight excluding hydrogens is 214 g/mol. The van der Waals surface area contributed by atoms with Crippen molar-refractivity contribution in [2.45, 2.75) is 19.3 Å². The van der Waals surface area contributed by atoms with Gasteiger partial charge in [0.05, 0.1) is 13.2 Å². The van der Waals surface area contributed by atoms with E-state index in [2.05, 4.69) is 29.2 Å². The molecule has 0 aromatic heterocycles. The minimum absolute atomic E-state index is 0.110. The Morgan fingerprint density at radius 1 is 1.41 bits per heavy atom. The number of hydrogen-bond donors (Lipinski definition) is 0. The van der Waals surface area contributed by atoms with Crippen molar-refractivity contribution in [3.8, 4) is 0 Å². The van der Waals surface area contributed by atoms with Crippen LogP contribution in [-0.2, 0) is 9.53 Å². The third-order valence-electron chi connectivity index (χ3n) is 3.20. The zero-order chi connectivity index (χ0) is 12.1. The van der Waals surface area contributed by atoms with Gasteiger partial charge in [0, 0.05) is 6.54 Å². The molecule has 0 bridgehead atoms. The molecule has 0 N–H and O–H groups in total. The van der Waals surface area contributed by atoms with Crippen LogP contribution in [-0.4, -0.2) is 37.1 Å². The van der Waals surface area contributed by atoms with Gasteiger partial charge in [-0.25, -0.2) is 0 Å². The zero-order valence-electron chi connectivity index (χ0n) is 10.3. The van der Waals surface area contributed by atoms with E-state index in [1.807, 2.05) is 13.0 Å². The molecule has 1 aromatic carbocycles. The topological polar surface area (TPSA) is 29.5 Å². The highest BCUT2D eigenvalue weighted by Gasteiger charge is 2.25. The van der Waals surface area contributed by atoms with Gasteiger partial charge in [0.15, 0.2) is 0 Å². The van der Waals surface area contributed by atoms with Gasteiger partial charge < -0.3 is 4.74 Å². The molecule has 3 heteroatoms. The molecule has 1 aliphatic rings. The first-order valence-electron chi connectivity index (χ1n) is 6.22. The fourth-order valence-electron chi connectivity index (χ4n) is 2.36. The summed E-state index contributed by atoms with van der Waals surface area (Å²) in [7, 11) is 0. The number of hydrogen-bond acceptors (Lipinski definition) is 3. The molecule has 1 atom stereocenters. The second-order valence-electron chi connectivity index (χ2n) is 4.44. The Bertz CT molecular complexity index is 364. The average Bonchev–Trinajstić information content (AvgIpc) is 2.79. The van der Waals surface area contributed by atoms with E-state index >= 15 is 0 Å². The predicted molar refractivity (Wildman–Crippen MR) is 66.9 cm³/mol. The Morgan fingerprint density at radius 3 is 2.88 bits per heavy atom. The van der Waals surface area contributed by atoms with E-state index in [9.17, 15) is 4.79 Å². The lowest BCUT2D eigenvalue weighted by atomic mass is 9.99. The maximum absolute atomic E-state index is 11.4. The van der Waals surface area contributed by atoms with E-state index in [4.69, 9.17) is 4.74 Å². The molecule has 0 aliphatic carbocycles. The number of benzene rings is 1. The van der Waals surface area contributed by atoms with Gasteiger partial charge in [-0.3, -0.25) is 9.69 Å². The number of ether oxygens (including phenoxy) is 1. The highest BCUT2D eigenvalue weighted by molar-refractivity contribution is 5.71. The van der Waals surface area contributed by atoms with Gasteiger partial charge in [-0.15, -0.1) is 0 Å². The van der Waals surface area contributed by atoms with Crippen molar-refractivity contribution in [3.63, 3.8) is 0 Å². The van der Waals surface area contributed by atoms with E-state index in [1.54, 1.807) is 0 Å². The van der Waals surface area contributed by atoms with Gasteiger partial charge >= 0.3 is 5.97 Å². The molecule has 1 aromatic rings. The maximum atomic E-state index is 11.4. The van der Waals surface area contributed by atoms with Gasteiger partial charge in [0.25, 0.3) is 0 Å². The predicted octanol–water partition coefficient (Wildman–Crippen LogP) is 2.04. The van der Waals surface area contributed by atoms with E-state index < -0.39 is 0 Å². The normalized spacial score (nSPS) is 20.4. The standard InChI is InChI=1S/C14H19NO2/c1-2-17-14(16)11-15-9-8-13(10-15)12-6-4-3-5-7-12/h3-7,13H,2,8-11H2,1H3/t13-/m1/s1. The van der Waals surface area contributed by atoms with Gasteiger partial charge in [0.1, 0.15) is 0 Å². The lowest BCUT2D eigenvalue weighted by Gasteiger charge is -2.14. The Hall–Kier alpha value is -1.35. The molecule has 0 radical (unpaired) electrons. The second-order valence-corrected chi connectivity index (χ2v) is 4.44. The van der Waals surface area contributed by atoms with Crippen molar-refractivity contribution < 1.29 is 9.53 Å². The Balaban J connectivity index is 1.86. The number of rotatable bonds is 4. The monoisotopic (exact) mass is 233 g/mol. The van der Waals surface area contributed by atoms with Crippen LogP contribution in [0.4, 0.5) is 0 Å². The van der Waals surface area contributed by atoms with Crippen molar-refractivity contribution in [3.05, 3.63) is 35.9 Å². The van der Waals surface area contributed by atoms with E-state index in [1.165, 1.54) is 5.56 Å². The summed E-state index contributed by atoms with van der Waals surface area (Å²) in [4.78, 5) is 13.6. The number of carbonyl (C=O) groups excluding carboxylic acids is 1. The van der Waals surface area contributed by atoms with Crippen LogP contribution in [0.1, 0.15) is 24.8 Å². The molecule has 0 unspecified atom stereocenters.